The first kappa shape index (κ1) is 22.1. The number of rotatable bonds is 9. The van der Waals surface area contributed by atoms with Crippen LogP contribution in [0, 0.1) is 5.82 Å². The molecule has 0 bridgehead atoms. The Morgan fingerprint density at radius 3 is 2.17 bits per heavy atom. The van der Waals surface area contributed by atoms with E-state index < -0.39 is 0 Å². The summed E-state index contributed by atoms with van der Waals surface area (Å²) in [6.07, 6.45) is -0.144. The lowest BCUT2D eigenvalue weighted by molar-refractivity contribution is 0.223. The van der Waals surface area contributed by atoms with E-state index in [2.05, 4.69) is 15.6 Å². The van der Waals surface area contributed by atoms with Crippen LogP contribution < -0.4 is 29.6 Å². The molecular formula is C21H28FN3O4. The van der Waals surface area contributed by atoms with Gasteiger partial charge in [0.2, 0.25) is 0 Å². The predicted octanol–water partition coefficient (Wildman–Crippen LogP) is 2.98. The molecule has 7 nitrogen and oxygen atoms in total. The van der Waals surface area contributed by atoms with Crippen LogP contribution in [0.5, 0.6) is 23.0 Å². The summed E-state index contributed by atoms with van der Waals surface area (Å²) in [4.78, 5) is 4.22. The van der Waals surface area contributed by atoms with Crippen molar-refractivity contribution in [2.45, 2.75) is 19.6 Å². The monoisotopic (exact) mass is 405 g/mol. The van der Waals surface area contributed by atoms with E-state index in [1.807, 2.05) is 13.0 Å². The quantitative estimate of drug-likeness (QED) is 0.494. The molecule has 2 aromatic carbocycles. The van der Waals surface area contributed by atoms with Gasteiger partial charge in [0.25, 0.3) is 0 Å². The van der Waals surface area contributed by atoms with Crippen molar-refractivity contribution in [1.82, 2.24) is 10.6 Å². The second kappa shape index (κ2) is 11.0. The second-order valence-electron chi connectivity index (χ2n) is 6.21. The van der Waals surface area contributed by atoms with E-state index in [4.69, 9.17) is 18.9 Å². The summed E-state index contributed by atoms with van der Waals surface area (Å²) in [5, 5.41) is 6.44. The highest BCUT2D eigenvalue weighted by molar-refractivity contribution is 5.79. The van der Waals surface area contributed by atoms with Gasteiger partial charge in [0.1, 0.15) is 23.4 Å². The fourth-order valence-corrected chi connectivity index (χ4v) is 2.66. The van der Waals surface area contributed by atoms with E-state index in [1.54, 1.807) is 46.6 Å². The fourth-order valence-electron chi connectivity index (χ4n) is 2.66. The van der Waals surface area contributed by atoms with Crippen molar-refractivity contribution in [2.75, 3.05) is 34.9 Å². The molecule has 1 unspecified atom stereocenters. The summed E-state index contributed by atoms with van der Waals surface area (Å²) >= 11 is 0. The molecule has 0 aliphatic rings. The largest absolute Gasteiger partial charge is 0.496 e. The van der Waals surface area contributed by atoms with Crippen LogP contribution >= 0.6 is 0 Å². The third-order valence-corrected chi connectivity index (χ3v) is 4.16. The van der Waals surface area contributed by atoms with Gasteiger partial charge < -0.3 is 29.6 Å². The maximum absolute atomic E-state index is 13.0. The van der Waals surface area contributed by atoms with Crippen molar-refractivity contribution in [3.05, 3.63) is 47.8 Å². The first-order chi connectivity index (χ1) is 14.0. The molecule has 0 aliphatic carbocycles. The molecule has 0 radical (unpaired) electrons. The molecule has 0 amide bonds. The number of ether oxygens (including phenoxy) is 4. The molecule has 1 atom stereocenters. The van der Waals surface area contributed by atoms with Gasteiger partial charge in [-0.1, -0.05) is 0 Å². The van der Waals surface area contributed by atoms with Gasteiger partial charge in [-0.25, -0.2) is 4.39 Å². The molecule has 0 spiro atoms. The average Bonchev–Trinajstić information content (AvgIpc) is 2.74. The van der Waals surface area contributed by atoms with Gasteiger partial charge in [-0.3, -0.25) is 4.99 Å². The third-order valence-electron chi connectivity index (χ3n) is 4.16. The SMILES string of the molecule is CN=C(NCc1cc(OC)c(OC)cc1OC)NCC(C)Oc1ccc(F)cc1. The lowest BCUT2D eigenvalue weighted by Crippen LogP contribution is -2.41. The zero-order valence-corrected chi connectivity index (χ0v) is 17.4. The van der Waals surface area contributed by atoms with E-state index in [1.165, 1.54) is 12.1 Å². The number of nitrogens with zero attached hydrogens (tertiary/aromatic N) is 1. The van der Waals surface area contributed by atoms with Gasteiger partial charge in [-0.15, -0.1) is 0 Å². The van der Waals surface area contributed by atoms with Crippen LogP contribution in [0.15, 0.2) is 41.4 Å². The lowest BCUT2D eigenvalue weighted by Gasteiger charge is -2.19. The van der Waals surface area contributed by atoms with Gasteiger partial charge in [0, 0.05) is 25.2 Å². The van der Waals surface area contributed by atoms with Gasteiger partial charge in [-0.2, -0.15) is 0 Å². The van der Waals surface area contributed by atoms with Crippen molar-refractivity contribution in [2.24, 2.45) is 4.99 Å². The van der Waals surface area contributed by atoms with Crippen LogP contribution in [0.2, 0.25) is 0 Å². The summed E-state index contributed by atoms with van der Waals surface area (Å²) in [5.41, 5.74) is 0.892. The average molecular weight is 405 g/mol. The first-order valence-electron chi connectivity index (χ1n) is 9.16. The minimum Gasteiger partial charge on any atom is -0.496 e. The summed E-state index contributed by atoms with van der Waals surface area (Å²) in [6.45, 7) is 2.90. The van der Waals surface area contributed by atoms with Gasteiger partial charge in [-0.05, 0) is 37.3 Å². The Balaban J connectivity index is 1.92. The molecule has 0 heterocycles. The number of hydrogen-bond donors (Lipinski definition) is 2. The van der Waals surface area contributed by atoms with Crippen LogP contribution in [-0.4, -0.2) is 47.0 Å². The fraction of sp³-hybridized carbons (Fsp3) is 0.381. The Morgan fingerprint density at radius 1 is 0.966 bits per heavy atom. The van der Waals surface area contributed by atoms with Crippen LogP contribution in [0.1, 0.15) is 12.5 Å². The summed E-state index contributed by atoms with van der Waals surface area (Å²) < 4.78 is 34.8. The van der Waals surface area contributed by atoms with E-state index >= 15 is 0 Å². The Kier molecular flexibility index (Phi) is 8.39. The van der Waals surface area contributed by atoms with Crippen molar-refractivity contribution >= 4 is 5.96 Å². The molecule has 0 saturated carbocycles. The molecule has 0 aliphatic heterocycles. The standard InChI is InChI=1S/C21H28FN3O4/c1-14(29-17-8-6-16(22)7-9-17)12-24-21(23-2)25-13-15-10-19(27-4)20(28-5)11-18(15)26-3/h6-11,14H,12-13H2,1-5H3,(H2,23,24,25). The third kappa shape index (κ3) is 6.44. The van der Waals surface area contributed by atoms with Gasteiger partial charge in [0.05, 0.1) is 27.9 Å². The minimum absolute atomic E-state index is 0.144. The van der Waals surface area contributed by atoms with E-state index in [-0.39, 0.29) is 11.9 Å². The topological polar surface area (TPSA) is 73.3 Å². The number of halogens is 1. The van der Waals surface area contributed by atoms with Crippen LogP contribution in [0.25, 0.3) is 0 Å². The van der Waals surface area contributed by atoms with Crippen LogP contribution in [-0.2, 0) is 6.54 Å². The molecule has 2 aromatic rings. The Morgan fingerprint density at radius 2 is 1.59 bits per heavy atom. The maximum atomic E-state index is 13.0. The summed E-state index contributed by atoms with van der Waals surface area (Å²) in [6, 6.07) is 9.58. The predicted molar refractivity (Wildman–Crippen MR) is 111 cm³/mol. The highest BCUT2D eigenvalue weighted by atomic mass is 19.1. The molecule has 8 heteroatoms. The first-order valence-corrected chi connectivity index (χ1v) is 9.16. The normalized spacial score (nSPS) is 12.1. The van der Waals surface area contributed by atoms with E-state index in [9.17, 15) is 4.39 Å². The van der Waals surface area contributed by atoms with Crippen molar-refractivity contribution in [1.29, 1.82) is 0 Å². The Hall–Kier alpha value is -3.16. The summed E-state index contributed by atoms with van der Waals surface area (Å²) in [5.74, 6) is 2.82. The van der Waals surface area contributed by atoms with Crippen LogP contribution in [0.3, 0.4) is 0 Å². The number of nitrogens with one attached hydrogen (secondary N) is 2. The zero-order chi connectivity index (χ0) is 21.2. The second-order valence-corrected chi connectivity index (χ2v) is 6.21. The molecule has 0 fully saturated rings. The lowest BCUT2D eigenvalue weighted by atomic mass is 10.1. The van der Waals surface area contributed by atoms with Crippen molar-refractivity contribution < 1.29 is 23.3 Å². The van der Waals surface area contributed by atoms with Crippen molar-refractivity contribution in [3.8, 4) is 23.0 Å². The van der Waals surface area contributed by atoms with Crippen LogP contribution in [0.4, 0.5) is 4.39 Å². The van der Waals surface area contributed by atoms with Gasteiger partial charge in [0.15, 0.2) is 17.5 Å². The Labute approximate surface area is 170 Å². The van der Waals surface area contributed by atoms with E-state index in [0.717, 1.165) is 5.56 Å². The molecule has 158 valence electrons. The molecule has 2 rings (SSSR count). The highest BCUT2D eigenvalue weighted by Crippen LogP contribution is 2.34. The molecule has 2 N–H and O–H groups in total. The zero-order valence-electron chi connectivity index (χ0n) is 17.4. The summed E-state index contributed by atoms with van der Waals surface area (Å²) in [7, 11) is 6.46. The molecule has 0 saturated heterocycles. The molecule has 29 heavy (non-hydrogen) atoms. The number of methoxy groups -OCH3 is 3. The highest BCUT2D eigenvalue weighted by Gasteiger charge is 2.13. The van der Waals surface area contributed by atoms with Gasteiger partial charge >= 0.3 is 0 Å². The van der Waals surface area contributed by atoms with Crippen molar-refractivity contribution in [3.63, 3.8) is 0 Å². The minimum atomic E-state index is -0.293. The Bertz CT molecular complexity index is 812. The molecular weight excluding hydrogens is 377 g/mol. The number of benzene rings is 2. The smallest absolute Gasteiger partial charge is 0.191 e. The maximum Gasteiger partial charge on any atom is 0.191 e. The molecule has 0 aromatic heterocycles. The van der Waals surface area contributed by atoms with E-state index in [0.29, 0.717) is 42.0 Å². The number of aliphatic imine (C=N–C) groups is 1. The number of hydrogen-bond acceptors (Lipinski definition) is 5. The number of guanidine groups is 1.